The number of aliphatic carboxylic acids is 5. The van der Waals surface area contributed by atoms with E-state index in [-0.39, 0.29) is 19.6 Å². The number of carbonyl (C=O) groups is 5. The zero-order valence-corrected chi connectivity index (χ0v) is 23.3. The number of ether oxygens (including phenoxy) is 1. The summed E-state index contributed by atoms with van der Waals surface area (Å²) >= 11 is 3.68. The molecular weight excluding hydrogens is 556 g/mol. The van der Waals surface area contributed by atoms with Crippen LogP contribution < -0.4 is 0 Å². The van der Waals surface area contributed by atoms with Gasteiger partial charge in [0, 0.05) is 33.4 Å². The fraction of sp³-hybridized carbons (Fsp3) is 0.762. The molecule has 0 aliphatic heterocycles. The molecule has 0 atom stereocenters. The standard InChI is InChI=1S/C10H22O7.C3H6O2S.4C2H4O2/c11-1-9(2-12,3-13)7-17-8-10(4-14,5-15)6-16;4-3(5)1-2-6;4*1-2(3)4/h11-16H,1-8H2;6H,1-2H2,(H,4,5);4*1H3,(H,3,4). The minimum absolute atomic E-state index is 0.141. The summed E-state index contributed by atoms with van der Waals surface area (Å²) in [6, 6.07) is 0. The zero-order valence-electron chi connectivity index (χ0n) is 22.4. The minimum atomic E-state index is -1.16. The van der Waals surface area contributed by atoms with E-state index in [0.717, 1.165) is 27.7 Å². The average molecular weight is 601 g/mol. The molecule has 236 valence electrons. The fourth-order valence-corrected chi connectivity index (χ4v) is 1.34. The van der Waals surface area contributed by atoms with Gasteiger partial charge in [-0.1, -0.05) is 0 Å². The summed E-state index contributed by atoms with van der Waals surface area (Å²) in [4.78, 5) is 45.6. The quantitative estimate of drug-likeness (QED) is 0.105. The highest BCUT2D eigenvalue weighted by molar-refractivity contribution is 7.80. The second-order valence-electron chi connectivity index (χ2n) is 7.38. The molecular formula is C21H44O17S. The van der Waals surface area contributed by atoms with Gasteiger partial charge >= 0.3 is 5.97 Å². The van der Waals surface area contributed by atoms with E-state index in [0.29, 0.717) is 5.75 Å². The Labute approximate surface area is 231 Å². The van der Waals surface area contributed by atoms with Crippen LogP contribution in [0.1, 0.15) is 34.1 Å². The number of hydrogen-bond donors (Lipinski definition) is 12. The lowest BCUT2D eigenvalue weighted by Crippen LogP contribution is -2.43. The van der Waals surface area contributed by atoms with Crippen molar-refractivity contribution < 1.29 is 84.9 Å². The number of hydrogen-bond acceptors (Lipinski definition) is 13. The van der Waals surface area contributed by atoms with Crippen LogP contribution in [0.4, 0.5) is 0 Å². The van der Waals surface area contributed by atoms with E-state index in [1.807, 2.05) is 0 Å². The third kappa shape index (κ3) is 56.7. The largest absolute Gasteiger partial charge is 0.481 e. The Bertz CT molecular complexity index is 519. The molecule has 0 unspecified atom stereocenters. The average Bonchev–Trinajstić information content (AvgIpc) is 2.79. The molecule has 0 heterocycles. The fourth-order valence-electron chi connectivity index (χ4n) is 1.15. The molecule has 0 aromatic heterocycles. The first-order valence-electron chi connectivity index (χ1n) is 10.6. The summed E-state index contributed by atoms with van der Waals surface area (Å²) in [7, 11) is 0. The molecule has 0 saturated heterocycles. The normalized spacial score (nSPS) is 9.51. The highest BCUT2D eigenvalue weighted by atomic mass is 32.1. The maximum atomic E-state index is 9.55. The topological polar surface area (TPSA) is 317 Å². The molecule has 11 N–H and O–H groups in total. The van der Waals surface area contributed by atoms with Crippen molar-refractivity contribution in [2.24, 2.45) is 10.8 Å². The molecule has 0 fully saturated rings. The van der Waals surface area contributed by atoms with Crippen LogP contribution in [0.2, 0.25) is 0 Å². The van der Waals surface area contributed by atoms with Crippen molar-refractivity contribution in [2.45, 2.75) is 34.1 Å². The van der Waals surface area contributed by atoms with Crippen molar-refractivity contribution in [1.29, 1.82) is 0 Å². The number of rotatable bonds is 12. The van der Waals surface area contributed by atoms with E-state index in [9.17, 15) is 4.79 Å². The number of aliphatic hydroxyl groups excluding tert-OH is 6. The van der Waals surface area contributed by atoms with Crippen LogP contribution in [-0.4, -0.2) is 145 Å². The smallest absolute Gasteiger partial charge is 0.304 e. The predicted octanol–water partition coefficient (Wildman–Crippen LogP) is -2.32. The molecule has 0 radical (unpaired) electrons. The Kier molecular flexibility index (Phi) is 42.3. The van der Waals surface area contributed by atoms with Gasteiger partial charge in [0.2, 0.25) is 0 Å². The van der Waals surface area contributed by atoms with Gasteiger partial charge in [0.15, 0.2) is 0 Å². The SMILES string of the molecule is CC(=O)O.CC(=O)O.CC(=O)O.CC(=O)O.O=C(O)CCS.OCC(CO)(CO)COCC(CO)(CO)CO. The molecule has 0 saturated carbocycles. The summed E-state index contributed by atoms with van der Waals surface area (Å²) in [5.41, 5.74) is -2.32. The van der Waals surface area contributed by atoms with Crippen molar-refractivity contribution in [2.75, 3.05) is 58.6 Å². The summed E-state index contributed by atoms with van der Waals surface area (Å²) in [6.45, 7) is 1.33. The van der Waals surface area contributed by atoms with E-state index in [4.69, 9.17) is 80.1 Å². The van der Waals surface area contributed by atoms with E-state index in [1.165, 1.54) is 0 Å². The van der Waals surface area contributed by atoms with E-state index in [2.05, 4.69) is 12.6 Å². The van der Waals surface area contributed by atoms with Crippen molar-refractivity contribution in [3.63, 3.8) is 0 Å². The third-order valence-electron chi connectivity index (χ3n) is 3.15. The Morgan fingerprint density at radius 2 is 0.718 bits per heavy atom. The second-order valence-corrected chi connectivity index (χ2v) is 7.83. The van der Waals surface area contributed by atoms with E-state index >= 15 is 0 Å². The summed E-state index contributed by atoms with van der Waals surface area (Å²) < 4.78 is 5.15. The first-order chi connectivity index (χ1) is 17.8. The first kappa shape index (κ1) is 49.4. The molecule has 0 aromatic carbocycles. The number of thiol groups is 1. The summed E-state index contributed by atoms with van der Waals surface area (Å²) in [5, 5.41) is 91.7. The molecule has 0 aliphatic rings. The van der Waals surface area contributed by atoms with Gasteiger partial charge in [0.25, 0.3) is 23.9 Å². The zero-order chi connectivity index (χ0) is 32.7. The van der Waals surface area contributed by atoms with Gasteiger partial charge in [-0.15, -0.1) is 0 Å². The number of carboxylic acids is 5. The van der Waals surface area contributed by atoms with Gasteiger partial charge in [-0.3, -0.25) is 24.0 Å². The lowest BCUT2D eigenvalue weighted by Gasteiger charge is -2.31. The molecule has 0 aromatic rings. The predicted molar refractivity (Wildman–Crippen MR) is 138 cm³/mol. The third-order valence-corrected chi connectivity index (χ3v) is 3.38. The minimum Gasteiger partial charge on any atom is -0.481 e. The van der Waals surface area contributed by atoms with Crippen molar-refractivity contribution >= 4 is 42.5 Å². The van der Waals surface area contributed by atoms with Gasteiger partial charge in [-0.2, -0.15) is 12.6 Å². The Morgan fingerprint density at radius 3 is 0.795 bits per heavy atom. The van der Waals surface area contributed by atoms with Gasteiger partial charge < -0.3 is 60.9 Å². The van der Waals surface area contributed by atoms with Crippen LogP contribution in [0.15, 0.2) is 0 Å². The highest BCUT2D eigenvalue weighted by Crippen LogP contribution is 2.19. The first-order valence-corrected chi connectivity index (χ1v) is 11.2. The molecule has 0 aliphatic carbocycles. The molecule has 39 heavy (non-hydrogen) atoms. The van der Waals surface area contributed by atoms with Gasteiger partial charge in [-0.05, 0) is 0 Å². The summed E-state index contributed by atoms with van der Waals surface area (Å²) in [5.74, 6) is -3.69. The summed E-state index contributed by atoms with van der Waals surface area (Å²) in [6.07, 6.45) is 0.156. The molecule has 0 rings (SSSR count). The monoisotopic (exact) mass is 600 g/mol. The van der Waals surface area contributed by atoms with Crippen LogP contribution in [0.5, 0.6) is 0 Å². The highest BCUT2D eigenvalue weighted by Gasteiger charge is 2.32. The molecule has 0 amide bonds. The number of aliphatic hydroxyl groups is 6. The number of carboxylic acid groups (broad SMARTS) is 5. The lowest BCUT2D eigenvalue weighted by molar-refractivity contribution is -0.137. The van der Waals surface area contributed by atoms with Gasteiger partial charge in [-0.25, -0.2) is 0 Å². The van der Waals surface area contributed by atoms with Crippen LogP contribution in [-0.2, 0) is 28.7 Å². The van der Waals surface area contributed by atoms with Crippen LogP contribution in [0.25, 0.3) is 0 Å². The molecule has 17 nitrogen and oxygen atoms in total. The molecule has 0 spiro atoms. The van der Waals surface area contributed by atoms with Crippen LogP contribution >= 0.6 is 12.6 Å². The van der Waals surface area contributed by atoms with Crippen molar-refractivity contribution in [3.05, 3.63) is 0 Å². The second kappa shape index (κ2) is 33.4. The van der Waals surface area contributed by atoms with E-state index in [1.54, 1.807) is 0 Å². The van der Waals surface area contributed by atoms with Crippen molar-refractivity contribution in [3.8, 4) is 0 Å². The molecule has 0 bridgehead atoms. The maximum Gasteiger partial charge on any atom is 0.304 e. The van der Waals surface area contributed by atoms with E-state index < -0.39 is 80.3 Å². The molecule has 18 heteroatoms. The lowest BCUT2D eigenvalue weighted by atomic mass is 9.91. The van der Waals surface area contributed by atoms with Crippen LogP contribution in [0.3, 0.4) is 0 Å². The van der Waals surface area contributed by atoms with Crippen molar-refractivity contribution in [1.82, 2.24) is 0 Å². The maximum absolute atomic E-state index is 9.55. The van der Waals surface area contributed by atoms with Gasteiger partial charge in [0.1, 0.15) is 0 Å². The Morgan fingerprint density at radius 1 is 0.538 bits per heavy atom. The Hall–Kier alpha value is -2.58. The Balaban J connectivity index is -0.000000101. The van der Waals surface area contributed by atoms with Gasteiger partial charge in [0.05, 0.1) is 70.1 Å². The van der Waals surface area contributed by atoms with Crippen LogP contribution in [0, 0.1) is 10.8 Å².